The van der Waals surface area contributed by atoms with Gasteiger partial charge in [0.15, 0.2) is 4.90 Å². The summed E-state index contributed by atoms with van der Waals surface area (Å²) in [5, 5.41) is 13.9. The molecule has 1 heterocycles. The standard InChI is InChI=1S/C20H25OS/c21-20(12-4-1-5-13-20)18-10-11-19(22-14-6-7-15-22)17-9-3-2-8-16(17)18/h2-3,8-11,21H,1,4-7,12-15H2/q+1. The Morgan fingerprint density at radius 1 is 0.773 bits per heavy atom. The van der Waals surface area contributed by atoms with Gasteiger partial charge in [-0.05, 0) is 48.8 Å². The van der Waals surface area contributed by atoms with E-state index in [1.54, 1.807) is 0 Å². The second kappa shape index (κ2) is 5.90. The summed E-state index contributed by atoms with van der Waals surface area (Å²) in [6, 6.07) is 13.3. The first kappa shape index (κ1) is 14.6. The summed E-state index contributed by atoms with van der Waals surface area (Å²) < 4.78 is 0. The smallest absolute Gasteiger partial charge is 0.162 e. The second-order valence-electron chi connectivity index (χ2n) is 6.86. The van der Waals surface area contributed by atoms with Crippen LogP contribution in [-0.4, -0.2) is 16.6 Å². The fourth-order valence-electron chi connectivity index (χ4n) is 4.21. The highest BCUT2D eigenvalue weighted by atomic mass is 32.2. The average Bonchev–Trinajstić information content (AvgIpc) is 3.09. The molecule has 2 aromatic carbocycles. The molecule has 2 fully saturated rings. The van der Waals surface area contributed by atoms with E-state index in [0.29, 0.717) is 10.9 Å². The summed E-state index contributed by atoms with van der Waals surface area (Å²) in [7, 11) is 0.426. The van der Waals surface area contributed by atoms with E-state index in [9.17, 15) is 5.11 Å². The van der Waals surface area contributed by atoms with Crippen molar-refractivity contribution in [2.24, 2.45) is 0 Å². The molecule has 1 aliphatic carbocycles. The zero-order chi connectivity index (χ0) is 15.0. The molecule has 1 saturated heterocycles. The molecule has 1 nitrogen and oxygen atoms in total. The van der Waals surface area contributed by atoms with Gasteiger partial charge >= 0.3 is 0 Å². The lowest BCUT2D eigenvalue weighted by Gasteiger charge is -2.33. The number of hydrogen-bond donors (Lipinski definition) is 1. The molecule has 0 radical (unpaired) electrons. The third-order valence-corrected chi connectivity index (χ3v) is 7.95. The van der Waals surface area contributed by atoms with Crippen LogP contribution in [0, 0.1) is 0 Å². The molecule has 0 atom stereocenters. The van der Waals surface area contributed by atoms with Crippen LogP contribution in [0.5, 0.6) is 0 Å². The molecule has 2 heteroatoms. The molecule has 0 amide bonds. The van der Waals surface area contributed by atoms with Crippen LogP contribution in [0.3, 0.4) is 0 Å². The number of aliphatic hydroxyl groups is 1. The van der Waals surface area contributed by atoms with Crippen LogP contribution in [0.2, 0.25) is 0 Å². The normalized spacial score (nSPS) is 22.2. The number of rotatable bonds is 2. The first-order valence-corrected chi connectivity index (χ1v) is 10.3. The average molecular weight is 313 g/mol. The van der Waals surface area contributed by atoms with Gasteiger partial charge in [-0.25, -0.2) is 0 Å². The largest absolute Gasteiger partial charge is 0.385 e. The summed E-state index contributed by atoms with van der Waals surface area (Å²) in [5.74, 6) is 2.71. The summed E-state index contributed by atoms with van der Waals surface area (Å²) in [6.45, 7) is 0. The zero-order valence-corrected chi connectivity index (χ0v) is 14.0. The molecular formula is C20H25OS+. The number of fused-ring (bicyclic) bond motifs is 1. The molecule has 2 aromatic rings. The molecule has 0 spiro atoms. The van der Waals surface area contributed by atoms with E-state index in [2.05, 4.69) is 36.4 Å². The fraction of sp³-hybridized carbons (Fsp3) is 0.500. The minimum atomic E-state index is -0.602. The van der Waals surface area contributed by atoms with Gasteiger partial charge in [0, 0.05) is 16.3 Å². The fourth-order valence-corrected chi connectivity index (χ4v) is 6.71. The SMILES string of the molecule is OC1(c2ccc([S+]3CCCC3)c3ccccc23)CCCCC1. The molecule has 0 aromatic heterocycles. The Hall–Kier alpha value is -0.990. The van der Waals surface area contributed by atoms with E-state index in [1.807, 2.05) is 0 Å². The minimum absolute atomic E-state index is 0.426. The Labute approximate surface area is 136 Å². The lowest BCUT2D eigenvalue weighted by molar-refractivity contribution is 0.000734. The zero-order valence-electron chi connectivity index (χ0n) is 13.2. The maximum Gasteiger partial charge on any atom is 0.162 e. The van der Waals surface area contributed by atoms with Crippen molar-refractivity contribution in [1.82, 2.24) is 0 Å². The van der Waals surface area contributed by atoms with E-state index in [4.69, 9.17) is 0 Å². The van der Waals surface area contributed by atoms with Crippen LogP contribution in [0.25, 0.3) is 10.8 Å². The van der Waals surface area contributed by atoms with Gasteiger partial charge in [-0.2, -0.15) is 0 Å². The molecule has 0 bridgehead atoms. The summed E-state index contributed by atoms with van der Waals surface area (Å²) in [6.07, 6.45) is 8.16. The van der Waals surface area contributed by atoms with Gasteiger partial charge in [-0.15, -0.1) is 0 Å². The van der Waals surface area contributed by atoms with Gasteiger partial charge in [0.1, 0.15) is 11.5 Å². The quantitative estimate of drug-likeness (QED) is 0.792. The maximum atomic E-state index is 11.2. The molecule has 1 aliphatic heterocycles. The highest BCUT2D eigenvalue weighted by Gasteiger charge is 2.35. The predicted molar refractivity (Wildman–Crippen MR) is 95.5 cm³/mol. The molecular weight excluding hydrogens is 288 g/mol. The highest BCUT2D eigenvalue weighted by molar-refractivity contribution is 7.97. The minimum Gasteiger partial charge on any atom is -0.385 e. The van der Waals surface area contributed by atoms with E-state index in [-0.39, 0.29) is 0 Å². The van der Waals surface area contributed by atoms with E-state index in [1.165, 1.54) is 52.0 Å². The van der Waals surface area contributed by atoms with Crippen LogP contribution >= 0.6 is 0 Å². The van der Waals surface area contributed by atoms with Crippen LogP contribution in [0.1, 0.15) is 50.5 Å². The Morgan fingerprint density at radius 2 is 1.45 bits per heavy atom. The first-order chi connectivity index (χ1) is 10.8. The summed E-state index contributed by atoms with van der Waals surface area (Å²) in [4.78, 5) is 1.54. The van der Waals surface area contributed by atoms with Crippen LogP contribution in [0.15, 0.2) is 41.3 Å². The van der Waals surface area contributed by atoms with Crippen molar-refractivity contribution < 1.29 is 5.11 Å². The lowest BCUT2D eigenvalue weighted by atomic mass is 9.78. The van der Waals surface area contributed by atoms with Gasteiger partial charge in [0.25, 0.3) is 0 Å². The van der Waals surface area contributed by atoms with Crippen molar-refractivity contribution >= 4 is 21.7 Å². The predicted octanol–water partition coefficient (Wildman–Crippen LogP) is 4.76. The monoisotopic (exact) mass is 313 g/mol. The third-order valence-electron chi connectivity index (χ3n) is 5.41. The van der Waals surface area contributed by atoms with Crippen LogP contribution in [-0.2, 0) is 16.5 Å². The first-order valence-electron chi connectivity index (χ1n) is 8.70. The van der Waals surface area contributed by atoms with Crippen molar-refractivity contribution in [3.63, 3.8) is 0 Å². The van der Waals surface area contributed by atoms with Crippen molar-refractivity contribution in [2.75, 3.05) is 11.5 Å². The Morgan fingerprint density at radius 3 is 2.18 bits per heavy atom. The topological polar surface area (TPSA) is 20.2 Å². The highest BCUT2D eigenvalue weighted by Crippen LogP contribution is 2.42. The van der Waals surface area contributed by atoms with Gasteiger partial charge in [-0.1, -0.05) is 43.5 Å². The Kier molecular flexibility index (Phi) is 3.91. The molecule has 1 N–H and O–H groups in total. The number of hydrogen-bond acceptors (Lipinski definition) is 1. The van der Waals surface area contributed by atoms with Gasteiger partial charge < -0.3 is 5.11 Å². The number of benzene rings is 2. The van der Waals surface area contributed by atoms with Gasteiger partial charge in [0.05, 0.1) is 5.60 Å². The van der Waals surface area contributed by atoms with Gasteiger partial charge in [-0.3, -0.25) is 0 Å². The third kappa shape index (κ3) is 2.47. The van der Waals surface area contributed by atoms with E-state index in [0.717, 1.165) is 25.7 Å². The molecule has 1 saturated carbocycles. The van der Waals surface area contributed by atoms with Crippen LogP contribution < -0.4 is 0 Å². The molecule has 0 unspecified atom stereocenters. The van der Waals surface area contributed by atoms with Crippen molar-refractivity contribution in [1.29, 1.82) is 0 Å². The van der Waals surface area contributed by atoms with Gasteiger partial charge in [0.2, 0.25) is 0 Å². The van der Waals surface area contributed by atoms with E-state index >= 15 is 0 Å². The Balaban J connectivity index is 1.85. The summed E-state index contributed by atoms with van der Waals surface area (Å²) in [5.41, 5.74) is 0.573. The summed E-state index contributed by atoms with van der Waals surface area (Å²) >= 11 is 0. The maximum absolute atomic E-state index is 11.2. The molecule has 2 aliphatic rings. The molecule has 22 heavy (non-hydrogen) atoms. The van der Waals surface area contributed by atoms with Crippen molar-refractivity contribution in [2.45, 2.75) is 55.4 Å². The van der Waals surface area contributed by atoms with Crippen LogP contribution in [0.4, 0.5) is 0 Å². The second-order valence-corrected chi connectivity index (χ2v) is 9.10. The van der Waals surface area contributed by atoms with E-state index < -0.39 is 5.60 Å². The lowest BCUT2D eigenvalue weighted by Crippen LogP contribution is -2.28. The Bertz CT molecular complexity index is 666. The van der Waals surface area contributed by atoms with Crippen molar-refractivity contribution in [3.8, 4) is 0 Å². The molecule has 116 valence electrons. The van der Waals surface area contributed by atoms with Crippen molar-refractivity contribution in [3.05, 3.63) is 42.0 Å². The molecule has 4 rings (SSSR count).